The van der Waals surface area contributed by atoms with Crippen LogP contribution in [0.4, 0.5) is 0 Å². The van der Waals surface area contributed by atoms with E-state index in [1.54, 1.807) is 0 Å². The fourth-order valence-electron chi connectivity index (χ4n) is 3.79. The minimum Gasteiger partial charge on any atom is -0.383 e. The molecule has 8 nitrogen and oxygen atoms in total. The second-order valence-corrected chi connectivity index (χ2v) is 10.1. The molecule has 1 saturated heterocycles. The van der Waals surface area contributed by atoms with E-state index in [1.165, 1.54) is 0 Å². The summed E-state index contributed by atoms with van der Waals surface area (Å²) in [6, 6.07) is 8.12. The first-order chi connectivity index (χ1) is 13.2. The van der Waals surface area contributed by atoms with Gasteiger partial charge in [-0.15, -0.1) is 0 Å². The van der Waals surface area contributed by atoms with Crippen molar-refractivity contribution in [3.8, 4) is 0 Å². The summed E-state index contributed by atoms with van der Waals surface area (Å²) in [4.78, 5) is 25.2. The Kier molecular flexibility index (Phi) is 4.52. The van der Waals surface area contributed by atoms with E-state index in [0.717, 1.165) is 5.56 Å². The number of benzene rings is 1. The highest BCUT2D eigenvalue weighted by atomic mass is 32.2. The van der Waals surface area contributed by atoms with Gasteiger partial charge < -0.3 is 15.7 Å². The fraction of sp³-hybridized carbons (Fsp3) is 0.579. The zero-order chi connectivity index (χ0) is 20.2. The van der Waals surface area contributed by atoms with Crippen LogP contribution in [-0.4, -0.2) is 48.2 Å². The Bertz CT molecular complexity index is 895. The molecule has 4 rings (SSSR count). The van der Waals surface area contributed by atoms with E-state index in [1.807, 2.05) is 37.3 Å². The van der Waals surface area contributed by atoms with Gasteiger partial charge in [0.15, 0.2) is 0 Å². The van der Waals surface area contributed by atoms with Crippen LogP contribution in [0.1, 0.15) is 44.6 Å². The van der Waals surface area contributed by atoms with Crippen molar-refractivity contribution in [1.82, 2.24) is 15.4 Å². The molecule has 1 aromatic rings. The van der Waals surface area contributed by atoms with Gasteiger partial charge in [0.05, 0.1) is 11.3 Å². The Labute approximate surface area is 164 Å². The summed E-state index contributed by atoms with van der Waals surface area (Å²) >= 11 is 0. The van der Waals surface area contributed by atoms with Crippen LogP contribution in [0.2, 0.25) is 0 Å². The van der Waals surface area contributed by atoms with Gasteiger partial charge in [-0.1, -0.05) is 30.3 Å². The molecule has 0 radical (unpaired) electrons. The topological polar surface area (TPSA) is 125 Å². The molecule has 0 bridgehead atoms. The van der Waals surface area contributed by atoms with Gasteiger partial charge in [-0.25, -0.2) is 8.42 Å². The highest BCUT2D eigenvalue weighted by molar-refractivity contribution is 7.90. The third-order valence-electron chi connectivity index (χ3n) is 6.02. The Morgan fingerprint density at radius 1 is 1.18 bits per heavy atom. The summed E-state index contributed by atoms with van der Waals surface area (Å²) in [5, 5.41) is 16.4. The maximum atomic E-state index is 12.8. The van der Waals surface area contributed by atoms with Gasteiger partial charge >= 0.3 is 0 Å². The molecule has 3 aliphatic rings. The van der Waals surface area contributed by atoms with Crippen molar-refractivity contribution in [2.45, 2.75) is 67.5 Å². The van der Waals surface area contributed by atoms with Crippen molar-refractivity contribution in [2.24, 2.45) is 0 Å². The van der Waals surface area contributed by atoms with E-state index < -0.39 is 44.3 Å². The van der Waals surface area contributed by atoms with Gasteiger partial charge in [-0.2, -0.15) is 0 Å². The van der Waals surface area contributed by atoms with E-state index in [-0.39, 0.29) is 12.5 Å². The molecule has 3 fully saturated rings. The van der Waals surface area contributed by atoms with E-state index in [9.17, 15) is 23.1 Å². The molecule has 1 aliphatic heterocycles. The Hall–Kier alpha value is -1.97. The molecule has 0 aromatic heterocycles. The first-order valence-electron chi connectivity index (χ1n) is 9.58. The van der Waals surface area contributed by atoms with Gasteiger partial charge in [0.2, 0.25) is 15.9 Å². The van der Waals surface area contributed by atoms with Crippen molar-refractivity contribution in [3.63, 3.8) is 0 Å². The number of aliphatic hydroxyl groups is 1. The number of hydrogen-bond acceptors (Lipinski definition) is 6. The number of carbonyl (C=O) groups is 2. The highest BCUT2D eigenvalue weighted by Gasteiger charge is 2.55. The lowest BCUT2D eigenvalue weighted by atomic mass is 9.86. The minimum atomic E-state index is -3.65. The summed E-state index contributed by atoms with van der Waals surface area (Å²) < 4.78 is 26.1. The highest BCUT2D eigenvalue weighted by Crippen LogP contribution is 2.39. The third-order valence-corrected chi connectivity index (χ3v) is 7.84. The van der Waals surface area contributed by atoms with Gasteiger partial charge in [0, 0.05) is 12.5 Å². The maximum absolute atomic E-state index is 12.8. The summed E-state index contributed by atoms with van der Waals surface area (Å²) in [5.41, 5.74) is -1.64. The number of amides is 2. The summed E-state index contributed by atoms with van der Waals surface area (Å²) in [5.74, 6) is -1.08. The zero-order valence-electron chi connectivity index (χ0n) is 15.6. The monoisotopic (exact) mass is 407 g/mol. The van der Waals surface area contributed by atoms with Crippen LogP contribution < -0.4 is 15.4 Å². The van der Waals surface area contributed by atoms with E-state index in [2.05, 4.69) is 15.4 Å². The summed E-state index contributed by atoms with van der Waals surface area (Å²) in [6.45, 7) is 1.81. The Balaban J connectivity index is 1.42. The molecule has 28 heavy (non-hydrogen) atoms. The van der Waals surface area contributed by atoms with Crippen molar-refractivity contribution < 1.29 is 23.1 Å². The molecule has 1 aromatic carbocycles. The van der Waals surface area contributed by atoms with E-state index in [4.69, 9.17) is 0 Å². The van der Waals surface area contributed by atoms with Gasteiger partial charge in [-0.3, -0.25) is 14.3 Å². The van der Waals surface area contributed by atoms with Crippen LogP contribution in [0.3, 0.4) is 0 Å². The second kappa shape index (κ2) is 6.53. The molecule has 3 atom stereocenters. The lowest BCUT2D eigenvalue weighted by Gasteiger charge is -2.27. The molecule has 9 heteroatoms. The van der Waals surface area contributed by atoms with Crippen molar-refractivity contribution in [3.05, 3.63) is 35.9 Å². The minimum absolute atomic E-state index is 0.169. The SMILES string of the molecule is CC1N[C@H](C(=O)NC2(C(=O)NS(=O)(=O)C3CC3)CC2)C[C@@]1(O)c1ccccc1. The molecule has 4 N–H and O–H groups in total. The Morgan fingerprint density at radius 3 is 2.39 bits per heavy atom. The largest absolute Gasteiger partial charge is 0.383 e. The van der Waals surface area contributed by atoms with E-state index in [0.29, 0.717) is 25.7 Å². The molecule has 2 saturated carbocycles. The molecule has 0 spiro atoms. The third kappa shape index (κ3) is 3.42. The van der Waals surface area contributed by atoms with Gasteiger partial charge in [-0.05, 0) is 38.2 Å². The van der Waals surface area contributed by atoms with Gasteiger partial charge in [0.25, 0.3) is 5.91 Å². The smallest absolute Gasteiger partial charge is 0.259 e. The standard InChI is InChI=1S/C19H25N3O5S/c1-12-19(25,13-5-3-2-4-6-13)11-15(20-12)16(23)21-18(9-10-18)17(24)22-28(26,27)14-7-8-14/h2-6,12,14-15,20,25H,7-11H2,1H3,(H,21,23)(H,22,24)/t12?,15-,19-/m0/s1. The van der Waals surface area contributed by atoms with Crippen molar-refractivity contribution in [1.29, 1.82) is 0 Å². The fourth-order valence-corrected chi connectivity index (χ4v) is 5.17. The van der Waals surface area contributed by atoms with E-state index >= 15 is 0 Å². The van der Waals surface area contributed by atoms with Crippen LogP contribution >= 0.6 is 0 Å². The van der Waals surface area contributed by atoms with Gasteiger partial charge in [0.1, 0.15) is 11.1 Å². The van der Waals surface area contributed by atoms with Crippen LogP contribution in [0, 0.1) is 0 Å². The van der Waals surface area contributed by atoms with Crippen molar-refractivity contribution >= 4 is 21.8 Å². The molecular formula is C19H25N3O5S. The van der Waals surface area contributed by atoms with Crippen LogP contribution in [0.5, 0.6) is 0 Å². The van der Waals surface area contributed by atoms with Crippen LogP contribution in [-0.2, 0) is 25.2 Å². The number of rotatable bonds is 6. The number of sulfonamides is 1. The number of carbonyl (C=O) groups excluding carboxylic acids is 2. The quantitative estimate of drug-likeness (QED) is 0.521. The normalized spacial score (nSPS) is 31.2. The molecule has 2 amide bonds. The maximum Gasteiger partial charge on any atom is 0.259 e. The predicted octanol–water partition coefficient (Wildman–Crippen LogP) is -0.118. The average molecular weight is 407 g/mol. The predicted molar refractivity (Wildman–Crippen MR) is 102 cm³/mol. The first kappa shape index (κ1) is 19.4. The lowest BCUT2D eigenvalue weighted by molar-refractivity contribution is -0.130. The van der Waals surface area contributed by atoms with Crippen LogP contribution in [0.15, 0.2) is 30.3 Å². The first-order valence-corrected chi connectivity index (χ1v) is 11.1. The summed E-state index contributed by atoms with van der Waals surface area (Å²) in [7, 11) is -3.65. The average Bonchev–Trinajstić information content (AvgIpc) is 3.55. The molecule has 152 valence electrons. The molecule has 2 aliphatic carbocycles. The number of nitrogens with one attached hydrogen (secondary N) is 3. The Morgan fingerprint density at radius 2 is 1.82 bits per heavy atom. The number of hydrogen-bond donors (Lipinski definition) is 4. The molecule has 1 heterocycles. The molecule has 1 unspecified atom stereocenters. The molecular weight excluding hydrogens is 382 g/mol. The lowest BCUT2D eigenvalue weighted by Crippen LogP contribution is -2.54. The van der Waals surface area contributed by atoms with Crippen molar-refractivity contribution in [2.75, 3.05) is 0 Å². The zero-order valence-corrected chi connectivity index (χ0v) is 16.5. The summed E-state index contributed by atoms with van der Waals surface area (Å²) in [6.07, 6.45) is 2.09. The van der Waals surface area contributed by atoms with Crippen LogP contribution in [0.25, 0.3) is 0 Å². The second-order valence-electron chi connectivity index (χ2n) is 8.18.